The minimum absolute atomic E-state index is 0.248. The number of hydrogen-bond donors (Lipinski definition) is 1. The van der Waals surface area contributed by atoms with Crippen molar-refractivity contribution in [1.82, 2.24) is 5.32 Å². The molecule has 0 spiro atoms. The van der Waals surface area contributed by atoms with E-state index in [4.69, 9.17) is 4.74 Å². The van der Waals surface area contributed by atoms with Crippen LogP contribution >= 0.6 is 0 Å². The molecular formula is C30H31N3O5S. The van der Waals surface area contributed by atoms with Crippen LogP contribution in [0.2, 0.25) is 0 Å². The molecule has 1 aliphatic rings. The Balaban J connectivity index is 1.72. The van der Waals surface area contributed by atoms with E-state index in [0.29, 0.717) is 24.4 Å². The van der Waals surface area contributed by atoms with Crippen molar-refractivity contribution >= 4 is 33.4 Å². The molecule has 0 heterocycles. The Morgan fingerprint density at radius 2 is 1.79 bits per heavy atom. The van der Waals surface area contributed by atoms with E-state index < -0.39 is 27.2 Å². The molecular weight excluding hydrogens is 514 g/mol. The number of rotatable bonds is 7. The van der Waals surface area contributed by atoms with Gasteiger partial charge in [0.25, 0.3) is 5.91 Å². The summed E-state index contributed by atoms with van der Waals surface area (Å²) in [5, 5.41) is 2.26. The normalized spacial score (nSPS) is 16.7. The third-order valence-corrected chi connectivity index (χ3v) is 8.18. The number of sulfone groups is 1. The SMILES string of the molecule is C=CC(=O)NC(=O)N(C)c1ccc2c(c1)CCC2(COC(=NC)c1ccccc1)c1ccc(S(C)(=O)=O)cc1. The molecule has 1 N–H and O–H groups in total. The largest absolute Gasteiger partial charge is 0.476 e. The highest BCUT2D eigenvalue weighted by Crippen LogP contribution is 2.46. The maximum absolute atomic E-state index is 12.5. The number of nitrogens with zero attached hydrogens (tertiary/aromatic N) is 2. The standard InChI is InChI=1S/C30H31N3O5S/c1-5-27(34)32-29(35)33(3)24-13-16-26-22(19-24)17-18-30(26,23-11-14-25(15-12-23)39(4,36)37)20-38-28(31-2)21-9-7-6-8-10-21/h5-16,19H,1,17-18,20H2,2-4H3,(H,32,34,35). The summed E-state index contributed by atoms with van der Waals surface area (Å²) >= 11 is 0. The number of carbonyl (C=O) groups is 2. The lowest BCUT2D eigenvalue weighted by molar-refractivity contribution is -0.115. The number of aliphatic imine (C=N–C) groups is 1. The summed E-state index contributed by atoms with van der Waals surface area (Å²) in [6, 6.07) is 21.7. The highest BCUT2D eigenvalue weighted by atomic mass is 32.2. The molecule has 3 aromatic carbocycles. The average molecular weight is 546 g/mol. The first kappa shape index (κ1) is 27.8. The molecule has 9 heteroatoms. The van der Waals surface area contributed by atoms with E-state index in [1.54, 1.807) is 26.2 Å². The van der Waals surface area contributed by atoms with Gasteiger partial charge in [0.2, 0.25) is 5.90 Å². The van der Waals surface area contributed by atoms with E-state index in [1.807, 2.05) is 60.7 Å². The van der Waals surface area contributed by atoms with Crippen molar-refractivity contribution in [3.63, 3.8) is 0 Å². The van der Waals surface area contributed by atoms with E-state index in [2.05, 4.69) is 16.9 Å². The summed E-state index contributed by atoms with van der Waals surface area (Å²) in [5.74, 6) is -0.0652. The molecule has 0 aromatic heterocycles. The van der Waals surface area contributed by atoms with Gasteiger partial charge in [0.15, 0.2) is 9.84 Å². The zero-order chi connectivity index (χ0) is 28.2. The molecule has 3 amide bonds. The molecule has 4 rings (SSSR count). The summed E-state index contributed by atoms with van der Waals surface area (Å²) in [5.41, 5.74) is 3.90. The zero-order valence-electron chi connectivity index (χ0n) is 22.2. The first-order chi connectivity index (χ1) is 18.6. The molecule has 0 fully saturated rings. The molecule has 0 aliphatic heterocycles. The van der Waals surface area contributed by atoms with Gasteiger partial charge in [0.1, 0.15) is 6.61 Å². The van der Waals surface area contributed by atoms with Crippen LogP contribution in [-0.2, 0) is 31.2 Å². The van der Waals surface area contributed by atoms with Gasteiger partial charge in [-0.25, -0.2) is 13.2 Å². The summed E-state index contributed by atoms with van der Waals surface area (Å²) in [4.78, 5) is 30.1. The van der Waals surface area contributed by atoms with Crippen LogP contribution in [0.15, 0.2) is 95.3 Å². The second kappa shape index (κ2) is 11.2. The van der Waals surface area contributed by atoms with Gasteiger partial charge in [0.05, 0.1) is 10.3 Å². The van der Waals surface area contributed by atoms with Crippen molar-refractivity contribution in [2.24, 2.45) is 4.99 Å². The minimum atomic E-state index is -3.35. The van der Waals surface area contributed by atoms with E-state index >= 15 is 0 Å². The quantitative estimate of drug-likeness (QED) is 0.271. The zero-order valence-corrected chi connectivity index (χ0v) is 23.0. The summed E-state index contributed by atoms with van der Waals surface area (Å²) in [6.45, 7) is 3.66. The molecule has 39 heavy (non-hydrogen) atoms. The number of fused-ring (bicyclic) bond motifs is 1. The van der Waals surface area contributed by atoms with Crippen LogP contribution in [0.3, 0.4) is 0 Å². The number of urea groups is 1. The van der Waals surface area contributed by atoms with Crippen molar-refractivity contribution in [1.29, 1.82) is 0 Å². The van der Waals surface area contributed by atoms with E-state index in [9.17, 15) is 18.0 Å². The number of imide groups is 1. The molecule has 0 saturated heterocycles. The first-order valence-corrected chi connectivity index (χ1v) is 14.3. The molecule has 8 nitrogen and oxygen atoms in total. The number of benzene rings is 3. The number of aryl methyl sites for hydroxylation is 1. The molecule has 0 bridgehead atoms. The summed E-state index contributed by atoms with van der Waals surface area (Å²) in [7, 11) is -0.0739. The second-order valence-electron chi connectivity index (χ2n) is 9.46. The number of hydrogen-bond acceptors (Lipinski definition) is 6. The second-order valence-corrected chi connectivity index (χ2v) is 11.5. The lowest BCUT2D eigenvalue weighted by Gasteiger charge is -2.32. The molecule has 1 unspecified atom stereocenters. The maximum Gasteiger partial charge on any atom is 0.328 e. The lowest BCUT2D eigenvalue weighted by atomic mass is 9.76. The fraction of sp³-hybridized carbons (Fsp3) is 0.233. The maximum atomic E-state index is 12.5. The van der Waals surface area contributed by atoms with Gasteiger partial charge in [-0.1, -0.05) is 43.0 Å². The monoisotopic (exact) mass is 545 g/mol. The third kappa shape index (κ3) is 5.78. The van der Waals surface area contributed by atoms with E-state index in [-0.39, 0.29) is 11.5 Å². The summed E-state index contributed by atoms with van der Waals surface area (Å²) in [6.07, 6.45) is 3.65. The summed E-state index contributed by atoms with van der Waals surface area (Å²) < 4.78 is 30.5. The van der Waals surface area contributed by atoms with Crippen LogP contribution in [0.5, 0.6) is 0 Å². The van der Waals surface area contributed by atoms with Crippen LogP contribution < -0.4 is 10.2 Å². The van der Waals surface area contributed by atoms with Crippen LogP contribution in [0.25, 0.3) is 0 Å². The fourth-order valence-electron chi connectivity index (χ4n) is 4.91. The Morgan fingerprint density at radius 1 is 1.10 bits per heavy atom. The van der Waals surface area contributed by atoms with Crippen LogP contribution in [0.4, 0.5) is 10.5 Å². The fourth-order valence-corrected chi connectivity index (χ4v) is 5.54. The predicted molar refractivity (Wildman–Crippen MR) is 152 cm³/mol. The minimum Gasteiger partial charge on any atom is -0.476 e. The molecule has 0 saturated carbocycles. The Kier molecular flexibility index (Phi) is 8.01. The number of nitrogens with one attached hydrogen (secondary N) is 1. The molecule has 1 atom stereocenters. The molecule has 202 valence electrons. The van der Waals surface area contributed by atoms with Gasteiger partial charge in [-0.05, 0) is 72.0 Å². The number of anilines is 1. The van der Waals surface area contributed by atoms with Gasteiger partial charge in [-0.3, -0.25) is 20.0 Å². The highest BCUT2D eigenvalue weighted by Gasteiger charge is 2.42. The molecule has 0 radical (unpaired) electrons. The van der Waals surface area contributed by atoms with Gasteiger partial charge in [-0.15, -0.1) is 0 Å². The lowest BCUT2D eigenvalue weighted by Crippen LogP contribution is -2.40. The van der Waals surface area contributed by atoms with Crippen LogP contribution in [0, 0.1) is 0 Å². The topological polar surface area (TPSA) is 105 Å². The van der Waals surface area contributed by atoms with Gasteiger partial charge in [0, 0.05) is 31.6 Å². The Hall–Kier alpha value is -4.24. The van der Waals surface area contributed by atoms with Gasteiger partial charge >= 0.3 is 6.03 Å². The number of carbonyl (C=O) groups excluding carboxylic acids is 2. The Labute approximate surface area is 228 Å². The van der Waals surface area contributed by atoms with Crippen molar-refractivity contribution in [3.8, 4) is 0 Å². The first-order valence-electron chi connectivity index (χ1n) is 12.4. The molecule has 1 aliphatic carbocycles. The highest BCUT2D eigenvalue weighted by molar-refractivity contribution is 7.90. The Bertz CT molecular complexity index is 1530. The predicted octanol–water partition coefficient (Wildman–Crippen LogP) is 4.27. The number of ether oxygens (including phenoxy) is 1. The smallest absolute Gasteiger partial charge is 0.328 e. The van der Waals surface area contributed by atoms with Gasteiger partial charge in [-0.2, -0.15) is 0 Å². The van der Waals surface area contributed by atoms with E-state index in [1.165, 1.54) is 11.2 Å². The van der Waals surface area contributed by atoms with Crippen molar-refractivity contribution in [3.05, 3.63) is 108 Å². The molecule has 3 aromatic rings. The Morgan fingerprint density at radius 3 is 2.41 bits per heavy atom. The third-order valence-electron chi connectivity index (χ3n) is 7.05. The van der Waals surface area contributed by atoms with Crippen molar-refractivity contribution < 1.29 is 22.7 Å². The van der Waals surface area contributed by atoms with Crippen molar-refractivity contribution in [2.75, 3.05) is 31.9 Å². The van der Waals surface area contributed by atoms with Crippen LogP contribution in [0.1, 0.15) is 28.7 Å². The van der Waals surface area contributed by atoms with Crippen LogP contribution in [-0.4, -0.2) is 53.2 Å². The average Bonchev–Trinajstić information content (AvgIpc) is 3.31. The van der Waals surface area contributed by atoms with Crippen molar-refractivity contribution in [2.45, 2.75) is 23.2 Å². The van der Waals surface area contributed by atoms with Gasteiger partial charge < -0.3 is 4.74 Å². The van der Waals surface area contributed by atoms with E-state index in [0.717, 1.165) is 28.3 Å². The number of amides is 3.